The zero-order valence-electron chi connectivity index (χ0n) is 21.1. The summed E-state index contributed by atoms with van der Waals surface area (Å²) in [7, 11) is 0. The minimum atomic E-state index is -4.63. The summed E-state index contributed by atoms with van der Waals surface area (Å²) in [5.41, 5.74) is 0.774. The van der Waals surface area contributed by atoms with Crippen molar-refractivity contribution in [3.8, 4) is 12.1 Å². The molecule has 41 heavy (non-hydrogen) atoms. The van der Waals surface area contributed by atoms with Crippen molar-refractivity contribution >= 4 is 29.4 Å². The summed E-state index contributed by atoms with van der Waals surface area (Å²) >= 11 is 0. The minimum Gasteiger partial charge on any atom is -0.282 e. The summed E-state index contributed by atoms with van der Waals surface area (Å²) in [6, 6.07) is 20.3. The van der Waals surface area contributed by atoms with Crippen LogP contribution in [0.2, 0.25) is 0 Å². The third-order valence-electron chi connectivity index (χ3n) is 6.95. The Bertz CT molecular complexity index is 1840. The summed E-state index contributed by atoms with van der Waals surface area (Å²) in [5, 5.41) is 23.9. The van der Waals surface area contributed by atoms with Gasteiger partial charge in [0.1, 0.15) is 6.04 Å². The molecule has 2 aliphatic heterocycles. The first-order valence-electron chi connectivity index (χ1n) is 12.2. The van der Waals surface area contributed by atoms with Crippen molar-refractivity contribution < 1.29 is 22.8 Å². The maximum atomic E-state index is 13.6. The van der Waals surface area contributed by atoms with Crippen LogP contribution < -0.4 is 9.80 Å². The smallest absolute Gasteiger partial charge is 0.282 e. The van der Waals surface area contributed by atoms with Crippen LogP contribution in [-0.2, 0) is 6.18 Å². The van der Waals surface area contributed by atoms with E-state index in [0.29, 0.717) is 11.1 Å². The summed E-state index contributed by atoms with van der Waals surface area (Å²) in [4.78, 5) is 33.1. The Morgan fingerprint density at radius 3 is 2.10 bits per heavy atom. The van der Waals surface area contributed by atoms with Crippen LogP contribution in [0.3, 0.4) is 0 Å². The molecule has 1 atom stereocenters. The Kier molecular flexibility index (Phi) is 5.71. The first kappa shape index (κ1) is 25.5. The van der Waals surface area contributed by atoms with Gasteiger partial charge < -0.3 is 0 Å². The number of aromatic nitrogens is 3. The fraction of sp³-hybridized carbons (Fsp3) is 0.103. The van der Waals surface area contributed by atoms with Gasteiger partial charge in [-0.1, -0.05) is 30.3 Å². The third kappa shape index (κ3) is 3.93. The summed E-state index contributed by atoms with van der Waals surface area (Å²) in [6.07, 6.45) is -4.63. The fourth-order valence-electron chi connectivity index (χ4n) is 5.01. The molecule has 200 valence electrons. The molecule has 4 aromatic rings. The van der Waals surface area contributed by atoms with Crippen molar-refractivity contribution in [3.63, 3.8) is 0 Å². The van der Waals surface area contributed by atoms with Crippen molar-refractivity contribution in [2.75, 3.05) is 9.80 Å². The van der Waals surface area contributed by atoms with Crippen molar-refractivity contribution in [2.24, 2.45) is 0 Å². The largest absolute Gasteiger partial charge is 0.416 e. The first-order chi connectivity index (χ1) is 19.6. The number of nitriles is 2. The number of nitrogens with zero attached hydrogens (tertiary/aromatic N) is 7. The quantitative estimate of drug-likeness (QED) is 0.308. The standard InChI is InChI=1S/C29H16F3N7O2/c1-16-23(15-34)24(18-11-9-17(14-33)10-12-18)39-28(37(16)20-6-4-5-19(13-20)29(30,31)32)35-27(36-39)38-25(40)21-7-2-3-8-22(21)26(38)41/h2-13,24H,1H3/t24-/m1/s1. The number of anilines is 3. The molecule has 0 saturated carbocycles. The highest BCUT2D eigenvalue weighted by molar-refractivity contribution is 6.33. The molecule has 1 aromatic heterocycles. The minimum absolute atomic E-state index is 0.0123. The van der Waals surface area contributed by atoms with Gasteiger partial charge in [0.2, 0.25) is 5.95 Å². The fourth-order valence-corrected chi connectivity index (χ4v) is 5.01. The van der Waals surface area contributed by atoms with Crippen LogP contribution >= 0.6 is 0 Å². The van der Waals surface area contributed by atoms with E-state index >= 15 is 0 Å². The summed E-state index contributed by atoms with van der Waals surface area (Å²) in [5.74, 6) is -1.62. The van der Waals surface area contributed by atoms with E-state index in [-0.39, 0.29) is 40.0 Å². The van der Waals surface area contributed by atoms with E-state index in [1.54, 1.807) is 43.3 Å². The molecule has 0 N–H and O–H groups in total. The number of hydrogen-bond acceptors (Lipinski definition) is 7. The van der Waals surface area contributed by atoms with E-state index < -0.39 is 29.6 Å². The molecule has 0 spiro atoms. The van der Waals surface area contributed by atoms with Gasteiger partial charge in [-0.05, 0) is 55.0 Å². The van der Waals surface area contributed by atoms with Gasteiger partial charge in [-0.15, -0.1) is 5.10 Å². The van der Waals surface area contributed by atoms with E-state index in [1.165, 1.54) is 33.8 Å². The van der Waals surface area contributed by atoms with Crippen molar-refractivity contribution in [3.05, 3.63) is 112 Å². The molecule has 3 heterocycles. The Balaban J connectivity index is 1.57. The van der Waals surface area contributed by atoms with Gasteiger partial charge in [0.25, 0.3) is 17.8 Å². The molecule has 0 unspecified atom stereocenters. The topological polar surface area (TPSA) is 119 Å². The highest BCUT2D eigenvalue weighted by atomic mass is 19.4. The second-order valence-corrected chi connectivity index (χ2v) is 9.28. The molecule has 6 rings (SSSR count). The molecule has 0 aliphatic carbocycles. The normalized spacial score (nSPS) is 16.4. The highest BCUT2D eigenvalue weighted by Gasteiger charge is 2.42. The lowest BCUT2D eigenvalue weighted by molar-refractivity contribution is -0.137. The number of alkyl halides is 3. The number of amides is 2. The highest BCUT2D eigenvalue weighted by Crippen LogP contribution is 2.44. The number of imide groups is 1. The molecule has 12 heteroatoms. The summed E-state index contributed by atoms with van der Waals surface area (Å²) in [6.45, 7) is 1.56. The number of allylic oxidation sites excluding steroid dienone is 2. The second-order valence-electron chi connectivity index (χ2n) is 9.28. The van der Waals surface area contributed by atoms with Gasteiger partial charge in [0.05, 0.1) is 40.0 Å². The predicted octanol–water partition coefficient (Wildman–Crippen LogP) is 5.51. The lowest BCUT2D eigenvalue weighted by Gasteiger charge is -2.34. The molecule has 3 aromatic carbocycles. The van der Waals surface area contributed by atoms with Gasteiger partial charge in [0, 0.05) is 11.4 Å². The molecule has 2 aliphatic rings. The van der Waals surface area contributed by atoms with E-state index in [2.05, 4.69) is 16.2 Å². The molecule has 0 fully saturated rings. The number of halogens is 3. The van der Waals surface area contributed by atoms with E-state index in [1.807, 2.05) is 6.07 Å². The number of carbonyl (C=O) groups excluding carboxylic acids is 2. The Morgan fingerprint density at radius 2 is 1.51 bits per heavy atom. The lowest BCUT2D eigenvalue weighted by Crippen LogP contribution is -2.31. The molecule has 2 amide bonds. The molecule has 0 radical (unpaired) electrons. The number of carbonyl (C=O) groups is 2. The average molecular weight is 551 g/mol. The Morgan fingerprint density at radius 1 is 0.854 bits per heavy atom. The van der Waals surface area contributed by atoms with E-state index in [4.69, 9.17) is 0 Å². The van der Waals surface area contributed by atoms with Gasteiger partial charge in [-0.3, -0.25) is 14.5 Å². The molecule has 0 bridgehead atoms. The predicted molar refractivity (Wildman–Crippen MR) is 139 cm³/mol. The third-order valence-corrected chi connectivity index (χ3v) is 6.95. The average Bonchev–Trinajstić information content (AvgIpc) is 3.50. The number of benzene rings is 3. The van der Waals surface area contributed by atoms with E-state index in [0.717, 1.165) is 17.0 Å². The SMILES string of the molecule is CC1=C(C#N)[C@@H](c2ccc(C#N)cc2)n2nc(N3C(=O)c4ccccc4C3=O)nc2N1c1cccc(C(F)(F)F)c1. The number of rotatable bonds is 3. The monoisotopic (exact) mass is 551 g/mol. The van der Waals surface area contributed by atoms with Gasteiger partial charge in [-0.25, -0.2) is 9.58 Å². The van der Waals surface area contributed by atoms with Crippen LogP contribution in [0.15, 0.2) is 84.1 Å². The maximum Gasteiger partial charge on any atom is 0.416 e. The van der Waals surface area contributed by atoms with Crippen LogP contribution in [0.4, 0.5) is 30.8 Å². The van der Waals surface area contributed by atoms with Crippen molar-refractivity contribution in [1.82, 2.24) is 14.8 Å². The summed E-state index contributed by atoms with van der Waals surface area (Å²) < 4.78 is 42.2. The lowest BCUT2D eigenvalue weighted by atomic mass is 9.95. The van der Waals surface area contributed by atoms with Crippen molar-refractivity contribution in [2.45, 2.75) is 19.1 Å². The van der Waals surface area contributed by atoms with Gasteiger partial charge in [0.15, 0.2) is 0 Å². The molecule has 9 nitrogen and oxygen atoms in total. The Labute approximate surface area is 230 Å². The zero-order chi connectivity index (χ0) is 29.1. The van der Waals surface area contributed by atoms with Crippen LogP contribution in [0, 0.1) is 22.7 Å². The molecule has 0 saturated heterocycles. The maximum absolute atomic E-state index is 13.6. The number of hydrogen-bond donors (Lipinski definition) is 0. The van der Waals surface area contributed by atoms with Gasteiger partial charge >= 0.3 is 6.18 Å². The van der Waals surface area contributed by atoms with Crippen LogP contribution in [0.25, 0.3) is 0 Å². The van der Waals surface area contributed by atoms with Crippen molar-refractivity contribution in [1.29, 1.82) is 10.5 Å². The van der Waals surface area contributed by atoms with Crippen LogP contribution in [0.1, 0.15) is 50.4 Å². The second kappa shape index (κ2) is 9.17. The van der Waals surface area contributed by atoms with Crippen LogP contribution in [-0.4, -0.2) is 26.6 Å². The van der Waals surface area contributed by atoms with E-state index in [9.17, 15) is 33.3 Å². The number of fused-ring (bicyclic) bond motifs is 2. The molecular weight excluding hydrogens is 535 g/mol. The molecular formula is C29H16F3N7O2. The van der Waals surface area contributed by atoms with Crippen LogP contribution in [0.5, 0.6) is 0 Å². The zero-order valence-corrected chi connectivity index (χ0v) is 21.1. The first-order valence-corrected chi connectivity index (χ1v) is 12.2. The Hall–Kier alpha value is -5.75. The van der Waals surface area contributed by atoms with Gasteiger partial charge in [-0.2, -0.15) is 28.7 Å².